The summed E-state index contributed by atoms with van der Waals surface area (Å²) in [7, 11) is 0.895. The van der Waals surface area contributed by atoms with Gasteiger partial charge in [0.2, 0.25) is 0 Å². The number of hydrogen-bond acceptors (Lipinski definition) is 4. The average Bonchev–Trinajstić information content (AvgIpc) is 2.25. The van der Waals surface area contributed by atoms with Gasteiger partial charge in [-0.2, -0.15) is 13.2 Å². The van der Waals surface area contributed by atoms with Crippen molar-refractivity contribution in [3.05, 3.63) is 23.8 Å². The molecule has 0 atom stereocenters. The molecule has 0 aliphatic rings. The molecule has 1 rings (SSSR count). The third-order valence-electron chi connectivity index (χ3n) is 2.11. The molecule has 0 aromatic heterocycles. The summed E-state index contributed by atoms with van der Waals surface area (Å²) in [5.41, 5.74) is -0.589. The zero-order valence-corrected chi connectivity index (χ0v) is 11.2. The molecule has 0 spiro atoms. The van der Waals surface area contributed by atoms with E-state index in [0.717, 1.165) is 12.1 Å². The topological polar surface area (TPSA) is 80.7 Å². The van der Waals surface area contributed by atoms with E-state index in [1.807, 2.05) is 0 Å². The zero-order valence-electron chi connectivity index (χ0n) is 9.65. The summed E-state index contributed by atoms with van der Waals surface area (Å²) in [6.07, 6.45) is -5.70. The number of halogens is 4. The van der Waals surface area contributed by atoms with E-state index in [9.17, 15) is 26.4 Å². The zero-order chi connectivity index (χ0) is 15.6. The van der Waals surface area contributed by atoms with Gasteiger partial charge in [0, 0.05) is 10.7 Å². The Labute approximate surface area is 116 Å². The summed E-state index contributed by atoms with van der Waals surface area (Å²) in [6.45, 7) is -0.781. The Kier molecular flexibility index (Phi) is 4.87. The van der Waals surface area contributed by atoms with E-state index in [4.69, 9.17) is 20.5 Å². The lowest BCUT2D eigenvalue weighted by molar-refractivity contribution is -0.139. The first-order valence-corrected chi connectivity index (χ1v) is 7.33. The minimum absolute atomic E-state index is 0.370. The Balaban J connectivity index is 3.00. The molecule has 0 fully saturated rings. The molecule has 1 aromatic rings. The second-order valence-electron chi connectivity index (χ2n) is 3.61. The Bertz CT molecular complexity index is 612. The molecule has 0 saturated heterocycles. The van der Waals surface area contributed by atoms with E-state index in [1.165, 1.54) is 0 Å². The van der Waals surface area contributed by atoms with E-state index >= 15 is 0 Å². The first kappa shape index (κ1) is 16.6. The van der Waals surface area contributed by atoms with Crippen molar-refractivity contribution >= 4 is 25.7 Å². The Hall–Kier alpha value is -1.48. The number of rotatable bonds is 5. The van der Waals surface area contributed by atoms with Gasteiger partial charge in [0.1, 0.15) is 11.3 Å². The maximum Gasteiger partial charge on any atom is 0.392 e. The summed E-state index contributed by atoms with van der Waals surface area (Å²) in [6, 6.07) is 2.60. The monoisotopic (exact) mass is 332 g/mol. The number of aromatic carboxylic acids is 1. The number of carbonyl (C=O) groups is 1. The number of hydrogen-bond donors (Lipinski definition) is 1. The van der Waals surface area contributed by atoms with Gasteiger partial charge in [0.15, 0.2) is 0 Å². The van der Waals surface area contributed by atoms with Crippen LogP contribution in [-0.4, -0.2) is 32.3 Å². The fourth-order valence-corrected chi connectivity index (χ4v) is 2.01. The van der Waals surface area contributed by atoms with Gasteiger partial charge in [-0.15, -0.1) is 0 Å². The highest BCUT2D eigenvalue weighted by atomic mass is 35.7. The highest BCUT2D eigenvalue weighted by Gasteiger charge is 2.27. The van der Waals surface area contributed by atoms with E-state index < -0.39 is 44.7 Å². The lowest BCUT2D eigenvalue weighted by Gasteiger charge is -2.11. The van der Waals surface area contributed by atoms with Gasteiger partial charge in [-0.25, -0.2) is 13.2 Å². The minimum Gasteiger partial charge on any atom is -0.492 e. The summed E-state index contributed by atoms with van der Waals surface area (Å²) < 4.78 is 62.6. The fraction of sp³-hybridized carbons (Fsp3) is 0.300. The maximum absolute atomic E-state index is 11.9. The third kappa shape index (κ3) is 4.89. The molecule has 112 valence electrons. The molecule has 0 heterocycles. The Morgan fingerprint density at radius 1 is 1.35 bits per heavy atom. The van der Waals surface area contributed by atoms with Crippen molar-refractivity contribution in [1.29, 1.82) is 0 Å². The molecule has 1 aromatic carbocycles. The highest BCUT2D eigenvalue weighted by molar-refractivity contribution is 8.13. The van der Waals surface area contributed by atoms with Gasteiger partial charge in [-0.3, -0.25) is 0 Å². The van der Waals surface area contributed by atoms with Gasteiger partial charge in [0.25, 0.3) is 9.05 Å². The predicted molar refractivity (Wildman–Crippen MR) is 62.6 cm³/mol. The molecule has 0 saturated carbocycles. The molecular formula is C10H8ClF3O5S. The number of alkyl halides is 3. The lowest BCUT2D eigenvalue weighted by Crippen LogP contribution is -2.14. The first-order chi connectivity index (χ1) is 9.00. The average molecular weight is 333 g/mol. The van der Waals surface area contributed by atoms with Crippen LogP contribution in [0.2, 0.25) is 0 Å². The summed E-state index contributed by atoms with van der Waals surface area (Å²) >= 11 is 0. The highest BCUT2D eigenvalue weighted by Crippen LogP contribution is 2.26. The molecule has 1 N–H and O–H groups in total. The van der Waals surface area contributed by atoms with Crippen LogP contribution in [0.3, 0.4) is 0 Å². The third-order valence-corrected chi connectivity index (χ3v) is 3.46. The molecule has 0 aliphatic heterocycles. The van der Waals surface area contributed by atoms with Crippen LogP contribution in [0.5, 0.6) is 5.75 Å². The summed E-state index contributed by atoms with van der Waals surface area (Å²) in [4.78, 5) is 10.4. The second kappa shape index (κ2) is 5.88. The lowest BCUT2D eigenvalue weighted by atomic mass is 10.2. The van der Waals surface area contributed by atoms with Gasteiger partial charge < -0.3 is 9.84 Å². The number of carboxylic acids is 1. The van der Waals surface area contributed by atoms with Crippen molar-refractivity contribution in [1.82, 2.24) is 0 Å². The SMILES string of the molecule is O=C(O)c1cc(S(=O)(=O)Cl)ccc1OCCC(F)(F)F. The van der Waals surface area contributed by atoms with Gasteiger partial charge in [-0.05, 0) is 18.2 Å². The van der Waals surface area contributed by atoms with E-state index in [1.54, 1.807) is 0 Å². The van der Waals surface area contributed by atoms with Crippen LogP contribution in [0, 0.1) is 0 Å². The van der Waals surface area contributed by atoms with Crippen LogP contribution in [0.4, 0.5) is 13.2 Å². The largest absolute Gasteiger partial charge is 0.492 e. The standard InChI is InChI=1S/C10H8ClF3O5S/c11-20(17,18)6-1-2-8(7(5-6)9(15)16)19-4-3-10(12,13)14/h1-2,5H,3-4H2,(H,15,16). The second-order valence-corrected chi connectivity index (χ2v) is 6.18. The molecule has 0 bridgehead atoms. The molecule has 0 radical (unpaired) electrons. The van der Waals surface area contributed by atoms with Gasteiger partial charge >= 0.3 is 12.1 Å². The molecule has 10 heteroatoms. The normalized spacial score (nSPS) is 12.2. The van der Waals surface area contributed by atoms with E-state index in [0.29, 0.717) is 6.07 Å². The fourth-order valence-electron chi connectivity index (χ4n) is 1.23. The first-order valence-electron chi connectivity index (χ1n) is 5.02. The number of benzene rings is 1. The van der Waals surface area contributed by atoms with Crippen LogP contribution in [0.1, 0.15) is 16.8 Å². The summed E-state index contributed by atoms with van der Waals surface area (Å²) in [5.74, 6) is -1.92. The Morgan fingerprint density at radius 3 is 2.40 bits per heavy atom. The van der Waals surface area contributed by atoms with Crippen molar-refractivity contribution in [2.75, 3.05) is 6.61 Å². The molecular weight excluding hydrogens is 325 g/mol. The van der Waals surface area contributed by atoms with Crippen LogP contribution >= 0.6 is 10.7 Å². The molecule has 0 unspecified atom stereocenters. The minimum atomic E-state index is -4.44. The quantitative estimate of drug-likeness (QED) is 0.838. The molecule has 0 aliphatic carbocycles. The van der Waals surface area contributed by atoms with E-state index in [2.05, 4.69) is 0 Å². The van der Waals surface area contributed by atoms with E-state index in [-0.39, 0.29) is 5.75 Å². The molecule has 20 heavy (non-hydrogen) atoms. The number of ether oxygens (including phenoxy) is 1. The van der Waals surface area contributed by atoms with Crippen molar-refractivity contribution in [3.63, 3.8) is 0 Å². The number of carboxylic acid groups (broad SMARTS) is 1. The van der Waals surface area contributed by atoms with Crippen LogP contribution in [0.15, 0.2) is 23.1 Å². The van der Waals surface area contributed by atoms with Crippen molar-refractivity contribution < 1.29 is 36.2 Å². The summed E-state index contributed by atoms with van der Waals surface area (Å²) in [5, 5.41) is 8.87. The Morgan fingerprint density at radius 2 is 1.95 bits per heavy atom. The molecule has 5 nitrogen and oxygen atoms in total. The molecule has 0 amide bonds. The van der Waals surface area contributed by atoms with Gasteiger partial charge in [0.05, 0.1) is 17.9 Å². The van der Waals surface area contributed by atoms with Crippen molar-refractivity contribution in [3.8, 4) is 5.75 Å². The predicted octanol–water partition coefficient (Wildman–Crippen LogP) is 2.64. The van der Waals surface area contributed by atoms with Crippen LogP contribution in [0.25, 0.3) is 0 Å². The van der Waals surface area contributed by atoms with Crippen molar-refractivity contribution in [2.24, 2.45) is 0 Å². The van der Waals surface area contributed by atoms with Crippen molar-refractivity contribution in [2.45, 2.75) is 17.5 Å². The maximum atomic E-state index is 11.9. The van der Waals surface area contributed by atoms with Crippen LogP contribution in [-0.2, 0) is 9.05 Å². The van der Waals surface area contributed by atoms with Crippen LogP contribution < -0.4 is 4.74 Å². The van der Waals surface area contributed by atoms with Gasteiger partial charge in [-0.1, -0.05) is 0 Å². The smallest absolute Gasteiger partial charge is 0.392 e.